The van der Waals surface area contributed by atoms with Crippen molar-refractivity contribution in [2.45, 2.75) is 6.92 Å². The smallest absolute Gasteiger partial charge is 0.394 e. The van der Waals surface area contributed by atoms with Gasteiger partial charge in [-0.1, -0.05) is 11.3 Å². The maximum atomic E-state index is 10.8. The summed E-state index contributed by atoms with van der Waals surface area (Å²) in [6, 6.07) is 0. The van der Waals surface area contributed by atoms with Crippen molar-refractivity contribution in [3.63, 3.8) is 0 Å². The van der Waals surface area contributed by atoms with Crippen LogP contribution in [-0.2, 0) is 23.4 Å². The van der Waals surface area contributed by atoms with E-state index in [1.807, 2.05) is 0 Å². The van der Waals surface area contributed by atoms with E-state index in [1.165, 1.54) is 6.92 Å². The van der Waals surface area contributed by atoms with Crippen LogP contribution in [-0.4, -0.2) is 29.2 Å². The third-order valence-corrected chi connectivity index (χ3v) is 1.67. The van der Waals surface area contributed by atoms with Gasteiger partial charge in [-0.2, -0.15) is 0 Å². The summed E-state index contributed by atoms with van der Waals surface area (Å²) in [5.41, 5.74) is 0.00663. The fraction of sp³-hybridized carbons (Fsp3) is 0.500. The quantitative estimate of drug-likeness (QED) is 0.287. The molecule has 0 radical (unpaired) electrons. The molecule has 0 aromatic rings. The minimum atomic E-state index is -4.45. The molecule has 2 N–H and O–H groups in total. The van der Waals surface area contributed by atoms with Gasteiger partial charge in [-0.3, -0.25) is 9.41 Å². The van der Waals surface area contributed by atoms with Gasteiger partial charge in [0.1, 0.15) is 0 Å². The zero-order chi connectivity index (χ0) is 11.2. The Bertz CT molecular complexity index is 261. The van der Waals surface area contributed by atoms with Crippen LogP contribution >= 0.6 is 7.82 Å². The van der Waals surface area contributed by atoms with Crippen LogP contribution in [0, 0.1) is 0 Å². The Morgan fingerprint density at radius 2 is 2.14 bits per heavy atom. The van der Waals surface area contributed by atoms with E-state index in [-0.39, 0.29) is 5.57 Å². The van der Waals surface area contributed by atoms with Gasteiger partial charge in [0.25, 0.3) is 0 Å². The van der Waals surface area contributed by atoms with Crippen molar-refractivity contribution in [2.75, 3.05) is 13.2 Å². The first-order valence-corrected chi connectivity index (χ1v) is 5.03. The Kier molecular flexibility index (Phi) is 5.59. The molecule has 0 saturated heterocycles. The molecule has 82 valence electrons. The van der Waals surface area contributed by atoms with Crippen molar-refractivity contribution in [2.24, 2.45) is 0 Å². The molecular weight excluding hydrogens is 215 g/mol. The van der Waals surface area contributed by atoms with Crippen molar-refractivity contribution < 1.29 is 33.4 Å². The number of phosphoric ester groups is 1. The summed E-state index contributed by atoms with van der Waals surface area (Å²) >= 11 is 0. The number of phosphoric acid groups is 1. The van der Waals surface area contributed by atoms with E-state index in [0.29, 0.717) is 0 Å². The van der Waals surface area contributed by atoms with E-state index < -0.39 is 27.0 Å². The molecule has 0 heterocycles. The first kappa shape index (κ1) is 13.3. The standard InChI is InChI=1S/C6H11O7P/c1-5(2)6(8)12-13-14(9,10)11-4-3-7/h7H,1,3-4H2,2H3,(H,9,10). The highest BCUT2D eigenvalue weighted by Crippen LogP contribution is 2.43. The van der Waals surface area contributed by atoms with Crippen molar-refractivity contribution in [1.82, 2.24) is 0 Å². The van der Waals surface area contributed by atoms with E-state index in [2.05, 4.69) is 20.7 Å². The number of carbonyl (C=O) groups is 1. The molecule has 0 aromatic heterocycles. The van der Waals surface area contributed by atoms with E-state index >= 15 is 0 Å². The monoisotopic (exact) mass is 226 g/mol. The molecule has 0 aromatic carbocycles. The fourth-order valence-electron chi connectivity index (χ4n) is 0.330. The van der Waals surface area contributed by atoms with Gasteiger partial charge in [0.15, 0.2) is 0 Å². The first-order valence-electron chi connectivity index (χ1n) is 3.53. The Morgan fingerprint density at radius 3 is 2.57 bits per heavy atom. The lowest BCUT2D eigenvalue weighted by atomic mass is 10.4. The van der Waals surface area contributed by atoms with E-state index in [4.69, 9.17) is 10.00 Å². The summed E-state index contributed by atoms with van der Waals surface area (Å²) in [5, 5.41) is 8.26. The predicted octanol–water partition coefficient (Wildman–Crippen LogP) is 0.147. The number of hydrogen-bond acceptors (Lipinski definition) is 6. The summed E-state index contributed by atoms with van der Waals surface area (Å²) in [5.74, 6) is -0.980. The first-order chi connectivity index (χ1) is 6.39. The predicted molar refractivity (Wildman–Crippen MR) is 44.9 cm³/mol. The molecular formula is C6H11O7P. The highest BCUT2D eigenvalue weighted by molar-refractivity contribution is 7.47. The molecule has 1 atom stereocenters. The summed E-state index contributed by atoms with van der Waals surface area (Å²) in [6.45, 7) is 3.69. The molecule has 1 unspecified atom stereocenters. The molecule has 7 nitrogen and oxygen atoms in total. The molecule has 0 aliphatic carbocycles. The van der Waals surface area contributed by atoms with Gasteiger partial charge < -0.3 is 10.00 Å². The van der Waals surface area contributed by atoms with Crippen molar-refractivity contribution in [3.8, 4) is 0 Å². The van der Waals surface area contributed by atoms with Crippen LogP contribution < -0.4 is 0 Å². The average Bonchev–Trinajstić information content (AvgIpc) is 2.11. The van der Waals surface area contributed by atoms with E-state index in [9.17, 15) is 9.36 Å². The molecule has 0 aliphatic rings. The van der Waals surface area contributed by atoms with Gasteiger partial charge in [0.2, 0.25) is 0 Å². The molecule has 8 heteroatoms. The van der Waals surface area contributed by atoms with Crippen LogP contribution in [0.25, 0.3) is 0 Å². The van der Waals surface area contributed by atoms with Crippen LogP contribution in [0.5, 0.6) is 0 Å². The minimum Gasteiger partial charge on any atom is -0.394 e. The molecule has 0 fully saturated rings. The molecule has 0 amide bonds. The zero-order valence-electron chi connectivity index (χ0n) is 7.50. The number of hydrogen-bond donors (Lipinski definition) is 2. The maximum absolute atomic E-state index is 10.8. The lowest BCUT2D eigenvalue weighted by molar-refractivity contribution is -0.219. The highest BCUT2D eigenvalue weighted by Gasteiger charge is 2.24. The lowest BCUT2D eigenvalue weighted by Crippen LogP contribution is -2.07. The molecule has 0 saturated carbocycles. The van der Waals surface area contributed by atoms with Gasteiger partial charge in [-0.25, -0.2) is 9.36 Å². The van der Waals surface area contributed by atoms with Gasteiger partial charge in [0.05, 0.1) is 13.2 Å². The normalized spacial score (nSPS) is 14.5. The molecule has 14 heavy (non-hydrogen) atoms. The van der Waals surface area contributed by atoms with Crippen molar-refractivity contribution >= 4 is 13.8 Å². The third-order valence-electron chi connectivity index (χ3n) is 0.901. The van der Waals surface area contributed by atoms with E-state index in [1.54, 1.807) is 0 Å². The SMILES string of the molecule is C=C(C)C(=O)OOP(=O)(O)OCCO. The fourth-order valence-corrected chi connectivity index (χ4v) is 0.847. The topological polar surface area (TPSA) is 102 Å². The molecule has 0 rings (SSSR count). The Labute approximate surface area is 80.4 Å². The lowest BCUT2D eigenvalue weighted by Gasteiger charge is -2.08. The van der Waals surface area contributed by atoms with Crippen LogP contribution in [0.2, 0.25) is 0 Å². The maximum Gasteiger partial charge on any atom is 0.508 e. The van der Waals surface area contributed by atoms with Crippen LogP contribution in [0.3, 0.4) is 0 Å². The third kappa shape index (κ3) is 5.85. The van der Waals surface area contributed by atoms with Gasteiger partial charge in [0, 0.05) is 5.57 Å². The van der Waals surface area contributed by atoms with Gasteiger partial charge in [-0.15, -0.1) is 0 Å². The Balaban J connectivity index is 3.93. The average molecular weight is 226 g/mol. The van der Waals surface area contributed by atoms with Gasteiger partial charge >= 0.3 is 13.8 Å². The second-order valence-electron chi connectivity index (χ2n) is 2.25. The van der Waals surface area contributed by atoms with Crippen LogP contribution in [0.4, 0.5) is 0 Å². The van der Waals surface area contributed by atoms with Crippen LogP contribution in [0.15, 0.2) is 12.2 Å². The summed E-state index contributed by atoms with van der Waals surface area (Å²) < 4.78 is 18.8. The van der Waals surface area contributed by atoms with E-state index in [0.717, 1.165) is 0 Å². The molecule has 0 spiro atoms. The largest absolute Gasteiger partial charge is 0.508 e. The second-order valence-corrected chi connectivity index (χ2v) is 3.60. The number of carbonyl (C=O) groups excluding carboxylic acids is 1. The Hall–Kier alpha value is -0.720. The summed E-state index contributed by atoms with van der Waals surface area (Å²) in [6.07, 6.45) is 0. The van der Waals surface area contributed by atoms with Crippen LogP contribution in [0.1, 0.15) is 6.92 Å². The molecule has 0 aliphatic heterocycles. The second kappa shape index (κ2) is 5.90. The van der Waals surface area contributed by atoms with Gasteiger partial charge in [-0.05, 0) is 6.92 Å². The number of aliphatic hydroxyl groups is 1. The summed E-state index contributed by atoms with van der Waals surface area (Å²) in [4.78, 5) is 23.4. The minimum absolute atomic E-state index is 0.00663. The highest BCUT2D eigenvalue weighted by atomic mass is 31.2. The Morgan fingerprint density at radius 1 is 1.57 bits per heavy atom. The van der Waals surface area contributed by atoms with Crippen molar-refractivity contribution in [3.05, 3.63) is 12.2 Å². The van der Waals surface area contributed by atoms with Crippen molar-refractivity contribution in [1.29, 1.82) is 0 Å². The summed E-state index contributed by atoms with van der Waals surface area (Å²) in [7, 11) is -4.45. The zero-order valence-corrected chi connectivity index (χ0v) is 8.40. The number of aliphatic hydroxyl groups excluding tert-OH is 1. The number of rotatable bonds is 6. The molecule has 0 bridgehead atoms.